The quantitative estimate of drug-likeness (QED) is 0.908. The van der Waals surface area contributed by atoms with Gasteiger partial charge in [-0.25, -0.2) is 0 Å². The van der Waals surface area contributed by atoms with Gasteiger partial charge in [0.2, 0.25) is 11.0 Å². The van der Waals surface area contributed by atoms with E-state index >= 15 is 0 Å². The van der Waals surface area contributed by atoms with E-state index in [-0.39, 0.29) is 5.91 Å². The summed E-state index contributed by atoms with van der Waals surface area (Å²) in [4.78, 5) is 13.9. The lowest BCUT2D eigenvalue weighted by Gasteiger charge is -2.19. The Balaban J connectivity index is 1.97. The minimum absolute atomic E-state index is 0.257. The number of rotatable bonds is 4. The molecule has 1 aromatic rings. The summed E-state index contributed by atoms with van der Waals surface area (Å²) in [7, 11) is 1.83. The summed E-state index contributed by atoms with van der Waals surface area (Å²) in [5, 5.41) is 12.8. The van der Waals surface area contributed by atoms with Gasteiger partial charge in [0, 0.05) is 20.0 Å². The summed E-state index contributed by atoms with van der Waals surface area (Å²) in [6.07, 6.45) is 3.99. The van der Waals surface area contributed by atoms with E-state index in [1.807, 2.05) is 11.9 Å². The van der Waals surface area contributed by atoms with Crippen molar-refractivity contribution in [2.24, 2.45) is 5.92 Å². The topological polar surface area (TPSA) is 58.1 Å². The van der Waals surface area contributed by atoms with Gasteiger partial charge in [-0.2, -0.15) is 0 Å². The van der Waals surface area contributed by atoms with Crippen molar-refractivity contribution in [2.45, 2.75) is 39.2 Å². The number of nitrogens with zero attached hydrogens (tertiary/aromatic N) is 3. The maximum Gasteiger partial charge on any atom is 0.222 e. The smallest absolute Gasteiger partial charge is 0.222 e. The third-order valence-electron chi connectivity index (χ3n) is 3.51. The molecule has 0 bridgehead atoms. The number of nitrogens with one attached hydrogen (secondary N) is 1. The van der Waals surface area contributed by atoms with Crippen molar-refractivity contribution in [3.63, 3.8) is 0 Å². The molecule has 1 atom stereocenters. The van der Waals surface area contributed by atoms with Gasteiger partial charge < -0.3 is 10.2 Å². The zero-order valence-electron chi connectivity index (χ0n) is 11.0. The molecule has 0 aromatic carbocycles. The first-order chi connectivity index (χ1) is 8.72. The summed E-state index contributed by atoms with van der Waals surface area (Å²) in [6, 6.07) is 0. The molecule has 1 fully saturated rings. The first kappa shape index (κ1) is 13.3. The van der Waals surface area contributed by atoms with E-state index in [0.29, 0.717) is 18.9 Å². The summed E-state index contributed by atoms with van der Waals surface area (Å²) < 4.78 is 0. The lowest BCUT2D eigenvalue weighted by atomic mass is 9.98. The first-order valence-electron chi connectivity index (χ1n) is 6.50. The maximum atomic E-state index is 12.0. The highest BCUT2D eigenvalue weighted by atomic mass is 32.1. The molecule has 1 saturated heterocycles. The molecular formula is C12H20N4OS. The molecule has 100 valence electrons. The molecule has 1 N–H and O–H groups in total. The third-order valence-corrected chi connectivity index (χ3v) is 4.44. The van der Waals surface area contributed by atoms with Crippen LogP contribution in [0.2, 0.25) is 0 Å². The molecule has 2 heterocycles. The first-order valence-corrected chi connectivity index (χ1v) is 7.32. The highest BCUT2D eigenvalue weighted by Gasteiger charge is 2.22. The molecule has 6 heteroatoms. The lowest BCUT2D eigenvalue weighted by molar-refractivity contribution is -0.131. The number of carbonyl (C=O) groups excluding carboxylic acids is 1. The Morgan fingerprint density at radius 1 is 1.44 bits per heavy atom. The molecule has 18 heavy (non-hydrogen) atoms. The van der Waals surface area contributed by atoms with E-state index in [0.717, 1.165) is 29.5 Å². The van der Waals surface area contributed by atoms with Crippen LogP contribution in [0.4, 0.5) is 5.13 Å². The lowest BCUT2D eigenvalue weighted by Crippen LogP contribution is -2.29. The van der Waals surface area contributed by atoms with Gasteiger partial charge >= 0.3 is 0 Å². The highest BCUT2D eigenvalue weighted by molar-refractivity contribution is 7.15. The Kier molecular flexibility index (Phi) is 4.52. The predicted octanol–water partition coefficient (Wildman–Crippen LogP) is 2.12. The molecule has 0 spiro atoms. The number of aromatic nitrogens is 2. The van der Waals surface area contributed by atoms with Crippen LogP contribution in [0.15, 0.2) is 0 Å². The molecule has 0 saturated carbocycles. The van der Waals surface area contributed by atoms with Gasteiger partial charge in [-0.05, 0) is 18.8 Å². The van der Waals surface area contributed by atoms with Crippen LogP contribution in [0.25, 0.3) is 0 Å². The molecular weight excluding hydrogens is 248 g/mol. The molecule has 1 amide bonds. The molecule has 0 radical (unpaired) electrons. The minimum atomic E-state index is 0.257. The van der Waals surface area contributed by atoms with Crippen LogP contribution in [0.3, 0.4) is 0 Å². The zero-order chi connectivity index (χ0) is 13.0. The van der Waals surface area contributed by atoms with Gasteiger partial charge in [-0.3, -0.25) is 4.79 Å². The minimum Gasteiger partial charge on any atom is -0.363 e. The normalized spacial score (nSPS) is 20.9. The SMILES string of the molecule is CCC1CCC(=O)N(Cc2nnc(NC)s2)CC1. The maximum absolute atomic E-state index is 12.0. The molecule has 5 nitrogen and oxygen atoms in total. The number of anilines is 1. The van der Waals surface area contributed by atoms with Gasteiger partial charge in [-0.1, -0.05) is 24.7 Å². The molecule has 1 aliphatic rings. The van der Waals surface area contributed by atoms with Crippen LogP contribution in [0, 0.1) is 5.92 Å². The number of likely N-dealkylation sites (tertiary alicyclic amines) is 1. The van der Waals surface area contributed by atoms with Crippen molar-refractivity contribution in [1.82, 2.24) is 15.1 Å². The second-order valence-corrected chi connectivity index (χ2v) is 5.73. The average molecular weight is 268 g/mol. The standard InChI is InChI=1S/C12H20N4OS/c1-3-9-4-5-11(17)16(7-6-9)8-10-14-15-12(13-2)18-10/h9H,3-8H2,1-2H3,(H,13,15). The van der Waals surface area contributed by atoms with Crippen LogP contribution in [-0.2, 0) is 11.3 Å². The van der Waals surface area contributed by atoms with Crippen molar-refractivity contribution < 1.29 is 4.79 Å². The Hall–Kier alpha value is -1.17. The van der Waals surface area contributed by atoms with Gasteiger partial charge in [0.05, 0.1) is 6.54 Å². The fourth-order valence-corrected chi connectivity index (χ4v) is 2.96. The van der Waals surface area contributed by atoms with E-state index in [9.17, 15) is 4.79 Å². The Morgan fingerprint density at radius 2 is 2.28 bits per heavy atom. The van der Waals surface area contributed by atoms with Gasteiger partial charge in [0.25, 0.3) is 0 Å². The summed E-state index contributed by atoms with van der Waals surface area (Å²) in [5.41, 5.74) is 0. The second-order valence-electron chi connectivity index (χ2n) is 4.67. The van der Waals surface area contributed by atoms with Crippen molar-refractivity contribution in [3.05, 3.63) is 5.01 Å². The fourth-order valence-electron chi connectivity index (χ4n) is 2.25. The Labute approximate surface area is 112 Å². The van der Waals surface area contributed by atoms with Crippen molar-refractivity contribution in [3.8, 4) is 0 Å². The Morgan fingerprint density at radius 3 is 2.94 bits per heavy atom. The predicted molar refractivity (Wildman–Crippen MR) is 72.5 cm³/mol. The van der Waals surface area contributed by atoms with Crippen LogP contribution in [0.5, 0.6) is 0 Å². The van der Waals surface area contributed by atoms with E-state index in [1.54, 1.807) is 0 Å². The summed E-state index contributed by atoms with van der Waals surface area (Å²) >= 11 is 1.51. The van der Waals surface area contributed by atoms with Crippen molar-refractivity contribution >= 4 is 22.4 Å². The van der Waals surface area contributed by atoms with E-state index < -0.39 is 0 Å². The fraction of sp³-hybridized carbons (Fsp3) is 0.750. The Bertz CT molecular complexity index is 407. The summed E-state index contributed by atoms with van der Waals surface area (Å²) in [5.74, 6) is 0.952. The second kappa shape index (κ2) is 6.13. The zero-order valence-corrected chi connectivity index (χ0v) is 11.8. The van der Waals surface area contributed by atoms with Crippen LogP contribution in [0.1, 0.15) is 37.6 Å². The van der Waals surface area contributed by atoms with Crippen LogP contribution >= 0.6 is 11.3 Å². The van der Waals surface area contributed by atoms with Crippen LogP contribution < -0.4 is 5.32 Å². The van der Waals surface area contributed by atoms with Gasteiger partial charge in [-0.15, -0.1) is 10.2 Å². The van der Waals surface area contributed by atoms with E-state index in [1.165, 1.54) is 17.8 Å². The number of hydrogen-bond acceptors (Lipinski definition) is 5. The van der Waals surface area contributed by atoms with Crippen molar-refractivity contribution in [2.75, 3.05) is 18.9 Å². The number of carbonyl (C=O) groups is 1. The molecule has 1 aliphatic heterocycles. The molecule has 2 rings (SSSR count). The number of amides is 1. The van der Waals surface area contributed by atoms with Crippen molar-refractivity contribution in [1.29, 1.82) is 0 Å². The molecule has 1 unspecified atom stereocenters. The monoisotopic (exact) mass is 268 g/mol. The average Bonchev–Trinajstić information content (AvgIpc) is 2.77. The number of hydrogen-bond donors (Lipinski definition) is 1. The van der Waals surface area contributed by atoms with Crippen LogP contribution in [-0.4, -0.2) is 34.6 Å². The van der Waals surface area contributed by atoms with E-state index in [4.69, 9.17) is 0 Å². The highest BCUT2D eigenvalue weighted by Crippen LogP contribution is 2.23. The van der Waals surface area contributed by atoms with Gasteiger partial charge in [0.15, 0.2) is 0 Å². The molecule has 1 aromatic heterocycles. The largest absolute Gasteiger partial charge is 0.363 e. The molecule has 0 aliphatic carbocycles. The summed E-state index contributed by atoms with van der Waals surface area (Å²) in [6.45, 7) is 3.66. The third kappa shape index (κ3) is 3.19. The van der Waals surface area contributed by atoms with E-state index in [2.05, 4.69) is 22.4 Å². The van der Waals surface area contributed by atoms with Gasteiger partial charge in [0.1, 0.15) is 5.01 Å².